The molecule has 1 aliphatic carbocycles. The molecule has 0 aliphatic heterocycles. The van der Waals surface area contributed by atoms with Crippen LogP contribution in [0.3, 0.4) is 0 Å². The van der Waals surface area contributed by atoms with Gasteiger partial charge in [-0.15, -0.1) is 0 Å². The van der Waals surface area contributed by atoms with E-state index in [1.165, 1.54) is 64.5 Å². The maximum Gasteiger partial charge on any atom is 0.0575 e. The Morgan fingerprint density at radius 1 is 1.07 bits per heavy atom. The van der Waals surface area contributed by atoms with Crippen LogP contribution >= 0.6 is 0 Å². The first-order chi connectivity index (χ1) is 7.43. The highest BCUT2D eigenvalue weighted by Crippen LogP contribution is 2.21. The third kappa shape index (κ3) is 6.91. The molecule has 1 N–H and O–H groups in total. The molecule has 1 aliphatic rings. The first-order valence-corrected chi connectivity index (χ1v) is 6.76. The second-order valence-electron chi connectivity index (χ2n) is 4.59. The number of hydrogen-bond donors (Lipinski definition) is 1. The summed E-state index contributed by atoms with van der Waals surface area (Å²) in [4.78, 5) is 0. The lowest BCUT2D eigenvalue weighted by molar-refractivity contribution is 0.000628. The fourth-order valence-electron chi connectivity index (χ4n) is 1.79. The quantitative estimate of drug-likeness (QED) is 0.563. The molecule has 1 fully saturated rings. The molecule has 0 radical (unpaired) electrons. The van der Waals surface area contributed by atoms with E-state index in [-0.39, 0.29) is 0 Å². The van der Waals surface area contributed by atoms with Gasteiger partial charge in [0.1, 0.15) is 0 Å². The van der Waals surface area contributed by atoms with Crippen LogP contribution in [-0.2, 0) is 4.74 Å². The van der Waals surface area contributed by atoms with Crippen molar-refractivity contribution in [2.75, 3.05) is 19.7 Å². The summed E-state index contributed by atoms with van der Waals surface area (Å²) in [5.74, 6) is 0. The molecule has 0 spiro atoms. The molecule has 0 atom stereocenters. The van der Waals surface area contributed by atoms with E-state index in [4.69, 9.17) is 4.74 Å². The highest BCUT2D eigenvalue weighted by Gasteiger charge is 2.16. The van der Waals surface area contributed by atoms with Crippen LogP contribution in [0.1, 0.15) is 58.3 Å². The van der Waals surface area contributed by atoms with Gasteiger partial charge < -0.3 is 10.1 Å². The first kappa shape index (κ1) is 13.0. The molecule has 0 amide bonds. The number of hydrogen-bond acceptors (Lipinski definition) is 2. The van der Waals surface area contributed by atoms with Gasteiger partial charge in [-0.25, -0.2) is 0 Å². The fraction of sp³-hybridized carbons (Fsp3) is 1.00. The summed E-state index contributed by atoms with van der Waals surface area (Å²) in [7, 11) is 0. The van der Waals surface area contributed by atoms with Gasteiger partial charge in [0.25, 0.3) is 0 Å². The zero-order valence-corrected chi connectivity index (χ0v) is 10.3. The average Bonchev–Trinajstić information content (AvgIpc) is 2.18. The van der Waals surface area contributed by atoms with Gasteiger partial charge >= 0.3 is 0 Å². The number of nitrogens with one attached hydrogen (secondary N) is 1. The van der Waals surface area contributed by atoms with Gasteiger partial charge in [-0.1, -0.05) is 19.8 Å². The number of unbranched alkanes of at least 4 members (excludes halogenated alkanes) is 3. The number of rotatable bonds is 10. The lowest BCUT2D eigenvalue weighted by atomic mass is 9.96. The minimum Gasteiger partial charge on any atom is -0.378 e. The van der Waals surface area contributed by atoms with Crippen molar-refractivity contribution in [3.8, 4) is 0 Å². The molecule has 90 valence electrons. The molecule has 0 unspecified atom stereocenters. The molecule has 0 aromatic heterocycles. The second kappa shape index (κ2) is 9.17. The molecule has 0 aromatic carbocycles. The van der Waals surface area contributed by atoms with Crippen molar-refractivity contribution < 1.29 is 4.74 Å². The van der Waals surface area contributed by atoms with Crippen molar-refractivity contribution in [2.45, 2.75) is 64.4 Å². The van der Waals surface area contributed by atoms with Gasteiger partial charge in [-0.2, -0.15) is 0 Å². The maximum atomic E-state index is 5.71. The Bertz CT molecular complexity index is 134. The minimum atomic E-state index is 0.622. The van der Waals surface area contributed by atoms with Crippen LogP contribution in [0, 0.1) is 0 Å². The first-order valence-electron chi connectivity index (χ1n) is 6.76. The summed E-state index contributed by atoms with van der Waals surface area (Å²) in [6.45, 7) is 5.57. The van der Waals surface area contributed by atoms with Crippen molar-refractivity contribution in [1.29, 1.82) is 0 Å². The zero-order valence-electron chi connectivity index (χ0n) is 10.3. The van der Waals surface area contributed by atoms with Crippen LogP contribution in [-0.4, -0.2) is 25.8 Å². The van der Waals surface area contributed by atoms with Crippen molar-refractivity contribution in [3.63, 3.8) is 0 Å². The molecule has 2 nitrogen and oxygen atoms in total. The van der Waals surface area contributed by atoms with E-state index >= 15 is 0 Å². The lowest BCUT2D eigenvalue weighted by Crippen LogP contribution is -2.21. The minimum absolute atomic E-state index is 0.622. The Labute approximate surface area is 94.8 Å². The SMILES string of the molecule is CCCNCCCCCCOC1CCC1. The standard InChI is InChI=1S/C13H27NO/c1-2-10-14-11-5-3-4-6-12-15-13-8-7-9-13/h13-14H,2-12H2,1H3. The smallest absolute Gasteiger partial charge is 0.0575 e. The van der Waals surface area contributed by atoms with Gasteiger partial charge in [-0.05, 0) is 51.6 Å². The summed E-state index contributed by atoms with van der Waals surface area (Å²) in [6, 6.07) is 0. The van der Waals surface area contributed by atoms with Crippen LogP contribution in [0.15, 0.2) is 0 Å². The molecular formula is C13H27NO. The van der Waals surface area contributed by atoms with E-state index in [9.17, 15) is 0 Å². The monoisotopic (exact) mass is 213 g/mol. The zero-order chi connectivity index (χ0) is 10.8. The summed E-state index contributed by atoms with van der Waals surface area (Å²) >= 11 is 0. The highest BCUT2D eigenvalue weighted by molar-refractivity contribution is 4.68. The van der Waals surface area contributed by atoms with E-state index in [0.717, 1.165) is 6.61 Å². The average molecular weight is 213 g/mol. The van der Waals surface area contributed by atoms with E-state index in [1.54, 1.807) is 0 Å². The van der Waals surface area contributed by atoms with Gasteiger partial charge in [-0.3, -0.25) is 0 Å². The van der Waals surface area contributed by atoms with Crippen molar-refractivity contribution in [2.24, 2.45) is 0 Å². The maximum absolute atomic E-state index is 5.71. The molecule has 0 bridgehead atoms. The van der Waals surface area contributed by atoms with Gasteiger partial charge in [0.05, 0.1) is 6.10 Å². The van der Waals surface area contributed by atoms with Gasteiger partial charge in [0.2, 0.25) is 0 Å². The third-order valence-corrected chi connectivity index (χ3v) is 3.08. The van der Waals surface area contributed by atoms with E-state index in [1.807, 2.05) is 0 Å². The van der Waals surface area contributed by atoms with Crippen LogP contribution < -0.4 is 5.32 Å². The van der Waals surface area contributed by atoms with Gasteiger partial charge in [0, 0.05) is 6.61 Å². The third-order valence-electron chi connectivity index (χ3n) is 3.08. The molecule has 2 heteroatoms. The summed E-state index contributed by atoms with van der Waals surface area (Å²) in [5.41, 5.74) is 0. The highest BCUT2D eigenvalue weighted by atomic mass is 16.5. The summed E-state index contributed by atoms with van der Waals surface area (Å²) in [6.07, 6.45) is 11.1. The summed E-state index contributed by atoms with van der Waals surface area (Å²) < 4.78 is 5.71. The molecule has 1 saturated carbocycles. The van der Waals surface area contributed by atoms with Crippen LogP contribution in [0.5, 0.6) is 0 Å². The Balaban J connectivity index is 1.66. The van der Waals surface area contributed by atoms with E-state index in [2.05, 4.69) is 12.2 Å². The largest absolute Gasteiger partial charge is 0.378 e. The molecule has 15 heavy (non-hydrogen) atoms. The van der Waals surface area contributed by atoms with Crippen LogP contribution in [0.4, 0.5) is 0 Å². The predicted octanol–water partition coefficient (Wildman–Crippen LogP) is 3.12. The Kier molecular flexibility index (Phi) is 7.94. The summed E-state index contributed by atoms with van der Waals surface area (Å²) in [5, 5.41) is 3.43. The normalized spacial score (nSPS) is 16.6. The van der Waals surface area contributed by atoms with Crippen LogP contribution in [0.2, 0.25) is 0 Å². The van der Waals surface area contributed by atoms with Crippen LogP contribution in [0.25, 0.3) is 0 Å². The van der Waals surface area contributed by atoms with Gasteiger partial charge in [0.15, 0.2) is 0 Å². The Morgan fingerprint density at radius 2 is 1.87 bits per heavy atom. The fourth-order valence-corrected chi connectivity index (χ4v) is 1.79. The molecular weight excluding hydrogens is 186 g/mol. The van der Waals surface area contributed by atoms with Crippen molar-refractivity contribution in [1.82, 2.24) is 5.32 Å². The molecule has 0 saturated heterocycles. The number of ether oxygens (including phenoxy) is 1. The molecule has 0 heterocycles. The van der Waals surface area contributed by atoms with E-state index in [0.29, 0.717) is 6.10 Å². The molecule has 1 rings (SSSR count). The topological polar surface area (TPSA) is 21.3 Å². The molecule has 0 aromatic rings. The predicted molar refractivity (Wildman–Crippen MR) is 65.2 cm³/mol. The van der Waals surface area contributed by atoms with Crippen molar-refractivity contribution >= 4 is 0 Å². The Hall–Kier alpha value is -0.0800. The van der Waals surface area contributed by atoms with E-state index < -0.39 is 0 Å². The van der Waals surface area contributed by atoms with Crippen molar-refractivity contribution in [3.05, 3.63) is 0 Å². The second-order valence-corrected chi connectivity index (χ2v) is 4.59. The lowest BCUT2D eigenvalue weighted by Gasteiger charge is -2.25. The Morgan fingerprint density at radius 3 is 2.53 bits per heavy atom.